The maximum atomic E-state index is 14.7. The minimum atomic E-state index is -0.841. The van der Waals surface area contributed by atoms with Crippen LogP contribution in [0.1, 0.15) is 84.2 Å². The van der Waals surface area contributed by atoms with Gasteiger partial charge in [-0.25, -0.2) is 8.78 Å². The van der Waals surface area contributed by atoms with Crippen LogP contribution in [0, 0.1) is 18.6 Å². The number of benzene rings is 3. The lowest BCUT2D eigenvalue weighted by atomic mass is 9.94. The summed E-state index contributed by atoms with van der Waals surface area (Å²) in [6.07, 6.45) is 16.9. The lowest BCUT2D eigenvalue weighted by Gasteiger charge is -2.40. The molecule has 0 amide bonds. The van der Waals surface area contributed by atoms with Crippen LogP contribution in [0.5, 0.6) is 17.2 Å². The van der Waals surface area contributed by atoms with Crippen molar-refractivity contribution in [3.05, 3.63) is 124 Å². The van der Waals surface area contributed by atoms with E-state index in [1.807, 2.05) is 18.5 Å². The van der Waals surface area contributed by atoms with Gasteiger partial charge in [0.2, 0.25) is 0 Å². The first kappa shape index (κ1) is 36.1. The second kappa shape index (κ2) is 15.5. The molecule has 4 aliphatic rings. The second-order valence-corrected chi connectivity index (χ2v) is 15.3. The van der Waals surface area contributed by atoms with Crippen molar-refractivity contribution in [3.8, 4) is 28.4 Å². The number of aromatic nitrogens is 1. The van der Waals surface area contributed by atoms with Crippen molar-refractivity contribution in [3.63, 3.8) is 0 Å². The summed E-state index contributed by atoms with van der Waals surface area (Å²) in [5.41, 5.74) is 10.0. The van der Waals surface area contributed by atoms with Gasteiger partial charge in [-0.2, -0.15) is 0 Å². The molecule has 0 bridgehead atoms. The maximum Gasteiger partial charge on any atom is 0.164 e. The zero-order chi connectivity index (χ0) is 37.3. The van der Waals surface area contributed by atoms with Crippen LogP contribution in [-0.4, -0.2) is 56.9 Å². The van der Waals surface area contributed by atoms with E-state index in [-0.39, 0.29) is 12.1 Å². The Morgan fingerprint density at radius 2 is 1.56 bits per heavy atom. The third-order valence-corrected chi connectivity index (χ3v) is 11.6. The zero-order valence-electron chi connectivity index (χ0n) is 31.7. The van der Waals surface area contributed by atoms with Crippen molar-refractivity contribution in [1.82, 2.24) is 15.2 Å². The lowest BCUT2D eigenvalue weighted by molar-refractivity contribution is 0.224. The van der Waals surface area contributed by atoms with Gasteiger partial charge in [-0.15, -0.1) is 0 Å². The van der Waals surface area contributed by atoms with Gasteiger partial charge in [-0.05, 0) is 139 Å². The second-order valence-electron chi connectivity index (χ2n) is 15.3. The molecule has 1 N–H and O–H groups in total. The van der Waals surface area contributed by atoms with Gasteiger partial charge < -0.3 is 24.4 Å². The number of likely N-dealkylation sites (tertiary alicyclic amines) is 1. The van der Waals surface area contributed by atoms with Crippen LogP contribution in [-0.2, 0) is 6.54 Å². The molecule has 1 aromatic heterocycles. The maximum absolute atomic E-state index is 14.7. The highest BCUT2D eigenvalue weighted by molar-refractivity contribution is 5.70. The Balaban J connectivity index is 0.988. The molecule has 2 saturated carbocycles. The molecule has 1 saturated heterocycles. The SMILES string of the molecule is COc1cc(C2C=C(CN3CCC(N(Cc4cncc(-c5cc(OC)c(OC)c(C6CC6)c5)c4)c4ccc(F)c(F)c4)CC3)C=CN2)cc(C2CC2)c1C. The van der Waals surface area contributed by atoms with E-state index < -0.39 is 11.6 Å². The van der Waals surface area contributed by atoms with Gasteiger partial charge in [-0.1, -0.05) is 12.1 Å². The van der Waals surface area contributed by atoms with Gasteiger partial charge in [0.25, 0.3) is 0 Å². The topological polar surface area (TPSA) is 59.1 Å². The van der Waals surface area contributed by atoms with E-state index in [4.69, 9.17) is 14.2 Å². The molecule has 9 heteroatoms. The Bertz CT molecular complexity index is 2070. The minimum Gasteiger partial charge on any atom is -0.496 e. The third-order valence-electron chi connectivity index (χ3n) is 11.6. The molecule has 3 heterocycles. The van der Waals surface area contributed by atoms with Gasteiger partial charge in [0.1, 0.15) is 5.75 Å². The molecule has 1 unspecified atom stereocenters. The van der Waals surface area contributed by atoms with E-state index in [9.17, 15) is 8.78 Å². The summed E-state index contributed by atoms with van der Waals surface area (Å²) in [4.78, 5) is 9.37. The average Bonchev–Trinajstić information content (AvgIpc) is 4.14. The molecule has 4 aromatic rings. The zero-order valence-corrected chi connectivity index (χ0v) is 31.7. The highest BCUT2D eigenvalue weighted by Crippen LogP contribution is 2.49. The first-order chi connectivity index (χ1) is 26.3. The van der Waals surface area contributed by atoms with E-state index in [1.165, 1.54) is 47.2 Å². The van der Waals surface area contributed by atoms with Crippen LogP contribution < -0.4 is 24.4 Å². The van der Waals surface area contributed by atoms with Crippen LogP contribution in [0.15, 0.2) is 84.8 Å². The number of halogens is 2. The van der Waals surface area contributed by atoms with E-state index >= 15 is 0 Å². The predicted octanol–water partition coefficient (Wildman–Crippen LogP) is 9.37. The van der Waals surface area contributed by atoms with Crippen LogP contribution in [0.4, 0.5) is 14.5 Å². The average molecular weight is 733 g/mol. The van der Waals surface area contributed by atoms with Crippen molar-refractivity contribution < 1.29 is 23.0 Å². The Morgan fingerprint density at radius 3 is 2.26 bits per heavy atom. The number of hydrogen-bond donors (Lipinski definition) is 1. The van der Waals surface area contributed by atoms with Crippen molar-refractivity contribution >= 4 is 5.69 Å². The van der Waals surface area contributed by atoms with E-state index in [1.54, 1.807) is 27.4 Å². The summed E-state index contributed by atoms with van der Waals surface area (Å²) in [5, 5.41) is 3.56. The molecule has 1 atom stereocenters. The smallest absolute Gasteiger partial charge is 0.164 e. The largest absolute Gasteiger partial charge is 0.496 e. The van der Waals surface area contributed by atoms with Crippen LogP contribution in [0.3, 0.4) is 0 Å². The number of dihydropyridines is 1. The first-order valence-electron chi connectivity index (χ1n) is 19.3. The summed E-state index contributed by atoms with van der Waals surface area (Å²) >= 11 is 0. The monoisotopic (exact) mass is 732 g/mol. The van der Waals surface area contributed by atoms with Crippen molar-refractivity contribution in [2.75, 3.05) is 45.9 Å². The number of methoxy groups -OCH3 is 3. The Hall–Kier alpha value is -4.89. The number of anilines is 1. The Morgan fingerprint density at radius 1 is 0.796 bits per heavy atom. The van der Waals surface area contributed by atoms with E-state index in [0.29, 0.717) is 29.8 Å². The number of nitrogens with one attached hydrogen (secondary N) is 1. The number of hydrogen-bond acceptors (Lipinski definition) is 7. The fraction of sp³-hybridized carbons (Fsp3) is 0.400. The molecule has 282 valence electrons. The molecule has 0 radical (unpaired) electrons. The van der Waals surface area contributed by atoms with Gasteiger partial charge in [0.05, 0.1) is 27.4 Å². The molecule has 0 spiro atoms. The summed E-state index contributed by atoms with van der Waals surface area (Å²) < 4.78 is 46.1. The molecule has 8 rings (SSSR count). The quantitative estimate of drug-likeness (QED) is 0.147. The lowest BCUT2D eigenvalue weighted by Crippen LogP contribution is -2.45. The fourth-order valence-corrected chi connectivity index (χ4v) is 8.34. The first-order valence-corrected chi connectivity index (χ1v) is 19.3. The number of piperidine rings is 1. The third kappa shape index (κ3) is 7.69. The van der Waals surface area contributed by atoms with E-state index in [2.05, 4.69) is 69.6 Å². The predicted molar refractivity (Wildman–Crippen MR) is 210 cm³/mol. The number of nitrogens with zero attached hydrogens (tertiary/aromatic N) is 3. The number of pyridine rings is 1. The van der Waals surface area contributed by atoms with Gasteiger partial charge >= 0.3 is 0 Å². The van der Waals surface area contributed by atoms with Crippen molar-refractivity contribution in [2.24, 2.45) is 0 Å². The van der Waals surface area contributed by atoms with Gasteiger partial charge in [0, 0.05) is 67.5 Å². The van der Waals surface area contributed by atoms with Crippen LogP contribution in [0.2, 0.25) is 0 Å². The molecule has 3 fully saturated rings. The Kier molecular flexibility index (Phi) is 10.3. The normalized spacial score (nSPS) is 18.9. The van der Waals surface area contributed by atoms with E-state index in [0.717, 1.165) is 79.1 Å². The molecule has 2 aliphatic carbocycles. The highest BCUT2D eigenvalue weighted by Gasteiger charge is 2.31. The standard InChI is InChI=1S/C45H50F2N4O3/c1-28-38(31-5-6-31)20-34(22-43(28)52-2)42-18-29(11-14-49-42)26-50-15-12-36(13-16-50)51(37-9-10-40(46)41(47)23-37)27-30-17-35(25-48-24-30)33-19-39(32-7-8-32)45(54-4)44(21-33)53-3/h9-11,14,17-25,31-32,36,42,49H,5-8,12-13,15-16,26-27H2,1-4H3. The molecular formula is C45H50F2N4O3. The van der Waals surface area contributed by atoms with Crippen LogP contribution >= 0.6 is 0 Å². The number of rotatable bonds is 13. The molecular weight excluding hydrogens is 683 g/mol. The molecule has 2 aliphatic heterocycles. The molecule has 54 heavy (non-hydrogen) atoms. The van der Waals surface area contributed by atoms with Gasteiger partial charge in [-0.3, -0.25) is 9.88 Å². The van der Waals surface area contributed by atoms with Gasteiger partial charge in [0.15, 0.2) is 23.1 Å². The summed E-state index contributed by atoms with van der Waals surface area (Å²) in [6, 6.07) is 15.4. The Labute approximate surface area is 317 Å². The summed E-state index contributed by atoms with van der Waals surface area (Å²) in [5.74, 6) is 1.90. The fourth-order valence-electron chi connectivity index (χ4n) is 8.34. The highest BCUT2D eigenvalue weighted by atomic mass is 19.2. The summed E-state index contributed by atoms with van der Waals surface area (Å²) in [7, 11) is 5.11. The molecule has 3 aromatic carbocycles. The van der Waals surface area contributed by atoms with Crippen molar-refractivity contribution in [2.45, 2.75) is 75.9 Å². The van der Waals surface area contributed by atoms with Crippen molar-refractivity contribution in [1.29, 1.82) is 0 Å². The summed E-state index contributed by atoms with van der Waals surface area (Å²) in [6.45, 7) is 5.33. The van der Waals surface area contributed by atoms with Crippen LogP contribution in [0.25, 0.3) is 11.1 Å². The molecule has 7 nitrogen and oxygen atoms in total. The minimum absolute atomic E-state index is 0.0853. The number of ether oxygens (including phenoxy) is 3.